The van der Waals surface area contributed by atoms with Gasteiger partial charge in [-0.15, -0.1) is 0 Å². The standard InChI is InChI=1S/C24H32N2O5S/c1-14-12-16(6-11-19(14)22(27)28)21-26-20(15(2)30-21)13-32-18-9-7-17(8-10-18)25-23(29)31-24(3,4)5/h6,11-12,17-18H,7-10,13H2,1-5H3,(H,25,29)(H,27,28). The number of aromatic carboxylic acids is 1. The summed E-state index contributed by atoms with van der Waals surface area (Å²) in [5, 5.41) is 12.7. The van der Waals surface area contributed by atoms with Crippen molar-refractivity contribution in [3.63, 3.8) is 0 Å². The van der Waals surface area contributed by atoms with Gasteiger partial charge in [-0.3, -0.25) is 0 Å². The summed E-state index contributed by atoms with van der Waals surface area (Å²) >= 11 is 1.87. The number of hydrogen-bond donors (Lipinski definition) is 2. The van der Waals surface area contributed by atoms with E-state index in [0.29, 0.717) is 16.7 Å². The Morgan fingerprint density at radius 3 is 2.50 bits per heavy atom. The van der Waals surface area contributed by atoms with Crippen LogP contribution in [0.4, 0.5) is 4.79 Å². The number of alkyl carbamates (subject to hydrolysis) is 1. The smallest absolute Gasteiger partial charge is 0.407 e. The fraction of sp³-hybridized carbons (Fsp3) is 0.542. The molecule has 1 aromatic carbocycles. The van der Waals surface area contributed by atoms with Crippen molar-refractivity contribution in [1.29, 1.82) is 0 Å². The third-order valence-corrected chi connectivity index (χ3v) is 6.83. The van der Waals surface area contributed by atoms with Crippen LogP contribution in [0, 0.1) is 13.8 Å². The number of nitrogens with zero attached hydrogens (tertiary/aromatic N) is 1. The number of oxazole rings is 1. The lowest BCUT2D eigenvalue weighted by Gasteiger charge is -2.29. The second-order valence-corrected chi connectivity index (χ2v) is 10.6. The maximum Gasteiger partial charge on any atom is 0.407 e. The molecule has 1 aliphatic carbocycles. The average Bonchev–Trinajstić information content (AvgIpc) is 3.06. The summed E-state index contributed by atoms with van der Waals surface area (Å²) in [7, 11) is 0. The number of amides is 1. The lowest BCUT2D eigenvalue weighted by Crippen LogP contribution is -2.41. The van der Waals surface area contributed by atoms with Crippen molar-refractivity contribution in [2.75, 3.05) is 0 Å². The molecule has 8 heteroatoms. The van der Waals surface area contributed by atoms with E-state index in [1.165, 1.54) is 0 Å². The number of aryl methyl sites for hydroxylation is 2. The number of carbonyl (C=O) groups excluding carboxylic acids is 1. The Morgan fingerprint density at radius 2 is 1.91 bits per heavy atom. The van der Waals surface area contributed by atoms with Crippen LogP contribution in [0.3, 0.4) is 0 Å². The van der Waals surface area contributed by atoms with E-state index in [2.05, 4.69) is 10.3 Å². The summed E-state index contributed by atoms with van der Waals surface area (Å²) in [5.74, 6) is 1.12. The van der Waals surface area contributed by atoms with Gasteiger partial charge in [0.2, 0.25) is 5.89 Å². The van der Waals surface area contributed by atoms with Crippen molar-refractivity contribution in [3.8, 4) is 11.5 Å². The van der Waals surface area contributed by atoms with Crippen LogP contribution < -0.4 is 5.32 Å². The number of carboxylic acids is 1. The monoisotopic (exact) mass is 460 g/mol. The summed E-state index contributed by atoms with van der Waals surface area (Å²) < 4.78 is 11.2. The number of nitrogens with one attached hydrogen (secondary N) is 1. The molecule has 0 bridgehead atoms. The molecular weight excluding hydrogens is 428 g/mol. The van der Waals surface area contributed by atoms with Gasteiger partial charge in [-0.2, -0.15) is 11.8 Å². The summed E-state index contributed by atoms with van der Waals surface area (Å²) in [4.78, 5) is 27.8. The van der Waals surface area contributed by atoms with E-state index in [0.717, 1.165) is 48.5 Å². The zero-order chi connectivity index (χ0) is 23.5. The largest absolute Gasteiger partial charge is 0.478 e. The normalized spacial score (nSPS) is 18.9. The van der Waals surface area contributed by atoms with Crippen molar-refractivity contribution in [3.05, 3.63) is 40.8 Å². The first-order valence-corrected chi connectivity index (χ1v) is 12.0. The van der Waals surface area contributed by atoms with Crippen LogP contribution in [-0.2, 0) is 10.5 Å². The van der Waals surface area contributed by atoms with Gasteiger partial charge in [0.1, 0.15) is 11.4 Å². The molecular formula is C24H32N2O5S. The molecule has 2 aromatic rings. The Bertz CT molecular complexity index is 971. The number of benzene rings is 1. The van der Waals surface area contributed by atoms with Gasteiger partial charge in [-0.1, -0.05) is 0 Å². The number of thioether (sulfide) groups is 1. The lowest BCUT2D eigenvalue weighted by molar-refractivity contribution is 0.0493. The predicted octanol–water partition coefficient (Wildman–Crippen LogP) is 5.73. The molecule has 0 aliphatic heterocycles. The van der Waals surface area contributed by atoms with Crippen LogP contribution >= 0.6 is 11.8 Å². The Kier molecular flexibility index (Phi) is 7.54. The van der Waals surface area contributed by atoms with Gasteiger partial charge in [0.25, 0.3) is 0 Å². The van der Waals surface area contributed by atoms with Gasteiger partial charge in [-0.05, 0) is 84.1 Å². The first kappa shape index (κ1) is 24.2. The maximum absolute atomic E-state index is 12.0. The first-order chi connectivity index (χ1) is 15.0. The average molecular weight is 461 g/mol. The summed E-state index contributed by atoms with van der Waals surface area (Å²) in [6.45, 7) is 9.27. The zero-order valence-corrected chi connectivity index (χ0v) is 20.2. The topological polar surface area (TPSA) is 102 Å². The molecule has 1 saturated carbocycles. The first-order valence-electron chi connectivity index (χ1n) is 10.9. The van der Waals surface area contributed by atoms with Crippen LogP contribution in [0.25, 0.3) is 11.5 Å². The molecule has 1 aromatic heterocycles. The highest BCUT2D eigenvalue weighted by Crippen LogP contribution is 2.33. The number of aromatic nitrogens is 1. The molecule has 1 heterocycles. The molecule has 1 aliphatic rings. The number of rotatable bonds is 6. The third kappa shape index (κ3) is 6.51. The molecule has 2 N–H and O–H groups in total. The minimum Gasteiger partial charge on any atom is -0.478 e. The van der Waals surface area contributed by atoms with E-state index in [-0.39, 0.29) is 17.7 Å². The highest BCUT2D eigenvalue weighted by atomic mass is 32.2. The minimum absolute atomic E-state index is 0.166. The van der Waals surface area contributed by atoms with Crippen LogP contribution in [0.1, 0.15) is 73.8 Å². The van der Waals surface area contributed by atoms with E-state index in [1.807, 2.05) is 39.5 Å². The number of hydrogen-bond acceptors (Lipinski definition) is 6. The molecule has 0 spiro atoms. The van der Waals surface area contributed by atoms with Crippen LogP contribution in [-0.4, -0.2) is 39.0 Å². The van der Waals surface area contributed by atoms with Crippen LogP contribution in [0.2, 0.25) is 0 Å². The highest BCUT2D eigenvalue weighted by molar-refractivity contribution is 7.99. The Hall–Kier alpha value is -2.48. The van der Waals surface area contributed by atoms with E-state index >= 15 is 0 Å². The zero-order valence-electron chi connectivity index (χ0n) is 19.4. The molecule has 32 heavy (non-hydrogen) atoms. The maximum atomic E-state index is 12.0. The lowest BCUT2D eigenvalue weighted by atomic mass is 9.95. The molecule has 3 rings (SSSR count). The molecule has 0 saturated heterocycles. The van der Waals surface area contributed by atoms with Crippen molar-refractivity contribution < 1.29 is 23.8 Å². The third-order valence-electron chi connectivity index (χ3n) is 5.45. The van der Waals surface area contributed by atoms with Crippen LogP contribution in [0.15, 0.2) is 22.6 Å². The van der Waals surface area contributed by atoms with Gasteiger partial charge in [0.05, 0.1) is 11.3 Å². The van der Waals surface area contributed by atoms with Crippen molar-refractivity contribution >= 4 is 23.8 Å². The summed E-state index contributed by atoms with van der Waals surface area (Å²) in [6.07, 6.45) is 3.60. The van der Waals surface area contributed by atoms with Gasteiger partial charge >= 0.3 is 12.1 Å². The SMILES string of the molecule is Cc1cc(-c2nc(CSC3CCC(NC(=O)OC(C)(C)C)CC3)c(C)o2)ccc1C(=O)O. The fourth-order valence-corrected chi connectivity index (χ4v) is 5.03. The van der Waals surface area contributed by atoms with E-state index < -0.39 is 11.6 Å². The molecule has 174 valence electrons. The van der Waals surface area contributed by atoms with Gasteiger partial charge in [-0.25, -0.2) is 14.6 Å². The van der Waals surface area contributed by atoms with Crippen molar-refractivity contribution in [2.45, 2.75) is 82.9 Å². The van der Waals surface area contributed by atoms with Gasteiger partial charge in [0.15, 0.2) is 0 Å². The van der Waals surface area contributed by atoms with E-state index in [4.69, 9.17) is 9.15 Å². The minimum atomic E-state index is -0.939. The molecule has 1 fully saturated rings. The molecule has 0 unspecified atom stereocenters. The van der Waals surface area contributed by atoms with Crippen LogP contribution in [0.5, 0.6) is 0 Å². The molecule has 0 atom stereocenters. The second kappa shape index (κ2) is 9.98. The number of carbonyl (C=O) groups is 2. The van der Waals surface area contributed by atoms with Gasteiger partial charge in [0, 0.05) is 22.6 Å². The molecule has 0 radical (unpaired) electrons. The second-order valence-electron chi connectivity index (χ2n) is 9.29. The van der Waals surface area contributed by atoms with Gasteiger partial charge < -0.3 is 19.6 Å². The van der Waals surface area contributed by atoms with Crippen molar-refractivity contribution in [1.82, 2.24) is 10.3 Å². The Morgan fingerprint density at radius 1 is 1.22 bits per heavy atom. The molecule has 1 amide bonds. The number of carboxylic acid groups (broad SMARTS) is 1. The summed E-state index contributed by atoms with van der Waals surface area (Å²) in [6, 6.07) is 5.28. The fourth-order valence-electron chi connectivity index (χ4n) is 3.77. The quantitative estimate of drug-likeness (QED) is 0.568. The Balaban J connectivity index is 1.51. The molecule has 7 nitrogen and oxygen atoms in total. The Labute approximate surface area is 193 Å². The number of ether oxygens (including phenoxy) is 1. The van der Waals surface area contributed by atoms with E-state index in [1.54, 1.807) is 25.1 Å². The summed E-state index contributed by atoms with van der Waals surface area (Å²) in [5.41, 5.74) is 2.17. The van der Waals surface area contributed by atoms with E-state index in [9.17, 15) is 14.7 Å². The van der Waals surface area contributed by atoms with Crippen molar-refractivity contribution in [2.24, 2.45) is 0 Å². The predicted molar refractivity (Wildman–Crippen MR) is 125 cm³/mol. The highest BCUT2D eigenvalue weighted by Gasteiger charge is 2.25.